The number of benzene rings is 3. The Morgan fingerprint density at radius 1 is 0.909 bits per heavy atom. The zero-order chi connectivity index (χ0) is 23.4. The Labute approximate surface area is 199 Å². The van der Waals surface area contributed by atoms with Gasteiger partial charge in [0, 0.05) is 28.0 Å². The Hall–Kier alpha value is -3.32. The second kappa shape index (κ2) is 10.1. The van der Waals surface area contributed by atoms with E-state index in [2.05, 4.69) is 18.1 Å². The topological polar surface area (TPSA) is 53.4 Å². The van der Waals surface area contributed by atoms with E-state index in [0.717, 1.165) is 58.1 Å². The SMILES string of the molecule is C#CCc1ccc(-c2nc3ccc(Cl)cc3cc2CO)cc1CCCc1ccc(O)cc1C. The molecule has 0 saturated carbocycles. The van der Waals surface area contributed by atoms with Crippen molar-refractivity contribution in [1.29, 1.82) is 0 Å². The van der Waals surface area contributed by atoms with Crippen LogP contribution < -0.4 is 0 Å². The molecule has 0 aliphatic carbocycles. The number of aromatic nitrogens is 1. The molecule has 0 unspecified atom stereocenters. The fourth-order valence-corrected chi connectivity index (χ4v) is 4.46. The van der Waals surface area contributed by atoms with Gasteiger partial charge in [-0.2, -0.15) is 0 Å². The lowest BCUT2D eigenvalue weighted by molar-refractivity contribution is 0.282. The Balaban J connectivity index is 1.66. The highest BCUT2D eigenvalue weighted by molar-refractivity contribution is 6.31. The van der Waals surface area contributed by atoms with Gasteiger partial charge in [0.15, 0.2) is 0 Å². The van der Waals surface area contributed by atoms with Crippen LogP contribution in [-0.4, -0.2) is 15.2 Å². The molecule has 2 N–H and O–H groups in total. The van der Waals surface area contributed by atoms with Crippen molar-refractivity contribution in [2.75, 3.05) is 0 Å². The van der Waals surface area contributed by atoms with E-state index in [1.54, 1.807) is 12.1 Å². The third-order valence-corrected chi connectivity index (χ3v) is 6.25. The van der Waals surface area contributed by atoms with Crippen molar-refractivity contribution in [3.63, 3.8) is 0 Å². The molecule has 166 valence electrons. The van der Waals surface area contributed by atoms with Gasteiger partial charge >= 0.3 is 0 Å². The number of aryl methyl sites for hydroxylation is 3. The first kappa shape index (κ1) is 22.9. The minimum absolute atomic E-state index is 0.105. The first-order valence-corrected chi connectivity index (χ1v) is 11.4. The molecule has 3 aromatic carbocycles. The molecule has 3 nitrogen and oxygen atoms in total. The lowest BCUT2D eigenvalue weighted by Gasteiger charge is -2.14. The summed E-state index contributed by atoms with van der Waals surface area (Å²) in [6, 6.07) is 19.3. The van der Waals surface area contributed by atoms with E-state index < -0.39 is 0 Å². The highest BCUT2D eigenvalue weighted by atomic mass is 35.5. The number of aliphatic hydroxyl groups excluding tert-OH is 1. The molecular weight excluding hydrogens is 430 g/mol. The molecule has 0 bridgehead atoms. The maximum Gasteiger partial charge on any atom is 0.115 e. The third kappa shape index (κ3) is 5.20. The van der Waals surface area contributed by atoms with Gasteiger partial charge in [-0.15, -0.1) is 12.3 Å². The number of hydrogen-bond donors (Lipinski definition) is 2. The Morgan fingerprint density at radius 2 is 1.70 bits per heavy atom. The van der Waals surface area contributed by atoms with Crippen molar-refractivity contribution in [2.45, 2.75) is 39.2 Å². The van der Waals surface area contributed by atoms with E-state index in [1.807, 2.05) is 43.3 Å². The van der Waals surface area contributed by atoms with Crippen molar-refractivity contribution >= 4 is 22.5 Å². The first-order valence-electron chi connectivity index (χ1n) is 11.0. The van der Waals surface area contributed by atoms with Gasteiger partial charge in [0.05, 0.1) is 17.8 Å². The van der Waals surface area contributed by atoms with E-state index in [0.29, 0.717) is 17.2 Å². The molecule has 0 fully saturated rings. The normalized spacial score (nSPS) is 11.0. The number of phenolic OH excluding ortho intramolecular Hbond substituents is 1. The fraction of sp³-hybridized carbons (Fsp3) is 0.207. The molecule has 0 radical (unpaired) electrons. The van der Waals surface area contributed by atoms with Gasteiger partial charge in [-0.1, -0.05) is 29.8 Å². The molecule has 0 aliphatic heterocycles. The summed E-state index contributed by atoms with van der Waals surface area (Å²) < 4.78 is 0. The van der Waals surface area contributed by atoms with Crippen molar-refractivity contribution in [1.82, 2.24) is 4.98 Å². The second-order valence-corrected chi connectivity index (χ2v) is 8.76. The zero-order valence-corrected chi connectivity index (χ0v) is 19.4. The molecule has 1 heterocycles. The predicted octanol–water partition coefficient (Wildman–Crippen LogP) is 6.41. The third-order valence-electron chi connectivity index (χ3n) is 6.02. The number of aromatic hydroxyl groups is 1. The van der Waals surface area contributed by atoms with Crippen LogP contribution >= 0.6 is 11.6 Å². The maximum absolute atomic E-state index is 10.0. The molecule has 0 amide bonds. The molecule has 0 atom stereocenters. The minimum atomic E-state index is -0.105. The van der Waals surface area contributed by atoms with Gasteiger partial charge in [0.2, 0.25) is 0 Å². The monoisotopic (exact) mass is 455 g/mol. The number of fused-ring (bicyclic) bond motifs is 1. The number of aliphatic hydroxyl groups is 1. The number of halogens is 1. The molecular formula is C29H26ClNO2. The molecule has 0 aliphatic rings. The quantitative estimate of drug-likeness (QED) is 0.316. The predicted molar refractivity (Wildman–Crippen MR) is 136 cm³/mol. The standard InChI is InChI=1S/C29H26ClNO2/c1-3-5-21-8-9-23(15-22(21)7-4-6-20-10-12-27(33)14-19(20)2)29-25(18-32)16-24-17-26(30)11-13-28(24)31-29/h1,8-17,32-33H,4-7,18H2,2H3. The summed E-state index contributed by atoms with van der Waals surface area (Å²) in [4.78, 5) is 4.84. The van der Waals surface area contributed by atoms with Gasteiger partial charge in [-0.25, -0.2) is 4.98 Å². The molecule has 0 spiro atoms. The lowest BCUT2D eigenvalue weighted by atomic mass is 9.93. The van der Waals surface area contributed by atoms with E-state index in [-0.39, 0.29) is 6.61 Å². The van der Waals surface area contributed by atoms with Gasteiger partial charge in [-0.3, -0.25) is 0 Å². The van der Waals surface area contributed by atoms with Crippen molar-refractivity contribution in [2.24, 2.45) is 0 Å². The summed E-state index contributed by atoms with van der Waals surface area (Å²) >= 11 is 6.13. The van der Waals surface area contributed by atoms with Crippen LogP contribution in [0.1, 0.15) is 34.2 Å². The summed E-state index contributed by atoms with van der Waals surface area (Å²) in [5.41, 5.74) is 8.01. The van der Waals surface area contributed by atoms with Gasteiger partial charge in [0.25, 0.3) is 0 Å². The number of phenols is 1. The summed E-state index contributed by atoms with van der Waals surface area (Å²) in [5.74, 6) is 3.06. The molecule has 1 aromatic heterocycles. The number of hydrogen-bond acceptors (Lipinski definition) is 3. The van der Waals surface area contributed by atoms with Crippen LogP contribution in [0.4, 0.5) is 0 Å². The van der Waals surface area contributed by atoms with E-state index >= 15 is 0 Å². The molecule has 33 heavy (non-hydrogen) atoms. The molecule has 4 rings (SSSR count). The molecule has 4 aromatic rings. The van der Waals surface area contributed by atoms with Gasteiger partial charge in [-0.05, 0) is 90.9 Å². The second-order valence-electron chi connectivity index (χ2n) is 8.32. The number of nitrogens with zero attached hydrogens (tertiary/aromatic N) is 1. The summed E-state index contributed by atoms with van der Waals surface area (Å²) in [6.07, 6.45) is 8.95. The minimum Gasteiger partial charge on any atom is -0.508 e. The highest BCUT2D eigenvalue weighted by Gasteiger charge is 2.12. The molecule has 0 saturated heterocycles. The van der Waals surface area contributed by atoms with Crippen LogP contribution in [0, 0.1) is 19.3 Å². The van der Waals surface area contributed by atoms with E-state index in [9.17, 15) is 10.2 Å². The van der Waals surface area contributed by atoms with Crippen LogP contribution in [0.2, 0.25) is 5.02 Å². The smallest absolute Gasteiger partial charge is 0.115 e. The van der Waals surface area contributed by atoms with Crippen LogP contribution in [0.15, 0.2) is 60.7 Å². The number of rotatable bonds is 7. The maximum atomic E-state index is 10.0. The van der Waals surface area contributed by atoms with E-state index in [4.69, 9.17) is 23.0 Å². The largest absolute Gasteiger partial charge is 0.508 e. The van der Waals surface area contributed by atoms with Crippen LogP contribution in [-0.2, 0) is 25.9 Å². The zero-order valence-electron chi connectivity index (χ0n) is 18.6. The summed E-state index contributed by atoms with van der Waals surface area (Å²) in [6.45, 7) is 1.92. The fourth-order valence-electron chi connectivity index (χ4n) is 4.28. The van der Waals surface area contributed by atoms with Crippen LogP contribution in [0.3, 0.4) is 0 Å². The summed E-state index contributed by atoms with van der Waals surface area (Å²) in [5, 5.41) is 21.2. The average molecular weight is 456 g/mol. The Kier molecular flexibility index (Phi) is 6.99. The van der Waals surface area contributed by atoms with Crippen molar-refractivity contribution in [3.8, 4) is 29.4 Å². The molecule has 4 heteroatoms. The number of pyridine rings is 1. The Morgan fingerprint density at radius 3 is 2.45 bits per heavy atom. The summed E-state index contributed by atoms with van der Waals surface area (Å²) in [7, 11) is 0. The van der Waals surface area contributed by atoms with Crippen molar-refractivity contribution in [3.05, 3.63) is 93.5 Å². The average Bonchev–Trinajstić information content (AvgIpc) is 2.80. The van der Waals surface area contributed by atoms with Gasteiger partial charge < -0.3 is 10.2 Å². The Bertz CT molecular complexity index is 1350. The van der Waals surface area contributed by atoms with Crippen LogP contribution in [0.5, 0.6) is 5.75 Å². The van der Waals surface area contributed by atoms with Crippen molar-refractivity contribution < 1.29 is 10.2 Å². The van der Waals surface area contributed by atoms with Crippen LogP contribution in [0.25, 0.3) is 22.2 Å². The lowest BCUT2D eigenvalue weighted by Crippen LogP contribution is -2.00. The number of terminal acetylenes is 1. The van der Waals surface area contributed by atoms with Gasteiger partial charge in [0.1, 0.15) is 5.75 Å². The first-order chi connectivity index (χ1) is 16.0. The highest BCUT2D eigenvalue weighted by Crippen LogP contribution is 2.30. The van der Waals surface area contributed by atoms with E-state index in [1.165, 1.54) is 11.1 Å².